The monoisotopic (exact) mass is 283 g/mol. The molecule has 2 N–H and O–H groups in total. The van der Waals surface area contributed by atoms with Gasteiger partial charge in [0.25, 0.3) is 0 Å². The van der Waals surface area contributed by atoms with E-state index in [4.69, 9.17) is 15.2 Å². The fourth-order valence-electron chi connectivity index (χ4n) is 3.47. The van der Waals surface area contributed by atoms with Crippen molar-refractivity contribution in [3.8, 4) is 0 Å². The van der Waals surface area contributed by atoms with Crippen LogP contribution in [0.15, 0.2) is 34.9 Å². The average Bonchev–Trinajstić information content (AvgIpc) is 2.93. The lowest BCUT2D eigenvalue weighted by atomic mass is 9.95. The van der Waals surface area contributed by atoms with E-state index in [-0.39, 0.29) is 11.0 Å². The summed E-state index contributed by atoms with van der Waals surface area (Å²) in [5.41, 5.74) is 7.46. The molecule has 0 unspecified atom stereocenters. The summed E-state index contributed by atoms with van der Waals surface area (Å²) < 4.78 is 5.60. The lowest BCUT2D eigenvalue weighted by molar-refractivity contribution is 0.327. The highest BCUT2D eigenvalue weighted by Crippen LogP contribution is 2.50. The zero-order valence-electron chi connectivity index (χ0n) is 12.2. The van der Waals surface area contributed by atoms with Crippen LogP contribution in [0.2, 0.25) is 0 Å². The maximum atomic E-state index is 6.42. The van der Waals surface area contributed by atoms with Gasteiger partial charge in [0.2, 0.25) is 5.89 Å². The van der Waals surface area contributed by atoms with E-state index in [1.165, 1.54) is 5.56 Å². The molecule has 2 aliphatic rings. The Balaban J connectivity index is 1.58. The Labute approximate surface area is 124 Å². The Hall–Kier alpha value is -1.68. The number of nitrogens with zero attached hydrogens (tertiary/aromatic N) is 2. The van der Waals surface area contributed by atoms with E-state index in [1.807, 2.05) is 6.07 Å². The smallest absolute Gasteiger partial charge is 0.233 e. The predicted molar refractivity (Wildman–Crippen MR) is 79.7 cm³/mol. The first-order valence-corrected chi connectivity index (χ1v) is 7.88. The third kappa shape index (κ3) is 2.27. The van der Waals surface area contributed by atoms with E-state index in [1.54, 1.807) is 0 Å². The van der Waals surface area contributed by atoms with Gasteiger partial charge in [0, 0.05) is 0 Å². The van der Waals surface area contributed by atoms with Crippen LogP contribution in [0.3, 0.4) is 0 Å². The normalized spacial score (nSPS) is 22.3. The quantitative estimate of drug-likeness (QED) is 0.936. The Morgan fingerprint density at radius 3 is 2.43 bits per heavy atom. The molecule has 4 nitrogen and oxygen atoms in total. The molecular formula is C17H21N3O. The van der Waals surface area contributed by atoms with Gasteiger partial charge in [-0.05, 0) is 37.7 Å². The van der Waals surface area contributed by atoms with Gasteiger partial charge in [-0.3, -0.25) is 0 Å². The number of nitrogens with two attached hydrogens (primary N) is 1. The minimum absolute atomic E-state index is 0.0571. The standard InChI is InChI=1S/C17H21N3O/c18-17(8-4-5-9-17)14-19-15(21-20-14)16(10-11-16)12-13-6-2-1-3-7-13/h1-3,6-7H,4-5,8-12,18H2. The van der Waals surface area contributed by atoms with Crippen molar-refractivity contribution in [3.63, 3.8) is 0 Å². The molecular weight excluding hydrogens is 262 g/mol. The van der Waals surface area contributed by atoms with Crippen LogP contribution in [0.25, 0.3) is 0 Å². The van der Waals surface area contributed by atoms with Crippen LogP contribution in [0.5, 0.6) is 0 Å². The first-order valence-electron chi connectivity index (χ1n) is 7.88. The molecule has 1 heterocycles. The van der Waals surface area contributed by atoms with Crippen molar-refractivity contribution in [1.29, 1.82) is 0 Å². The highest BCUT2D eigenvalue weighted by atomic mass is 16.5. The van der Waals surface area contributed by atoms with Crippen molar-refractivity contribution in [2.75, 3.05) is 0 Å². The van der Waals surface area contributed by atoms with Gasteiger partial charge in [0.05, 0.1) is 11.0 Å². The van der Waals surface area contributed by atoms with Crippen molar-refractivity contribution in [1.82, 2.24) is 10.1 Å². The fraction of sp³-hybridized carbons (Fsp3) is 0.529. The number of aromatic nitrogens is 2. The third-order valence-electron chi connectivity index (χ3n) is 5.06. The molecule has 1 aromatic carbocycles. The van der Waals surface area contributed by atoms with Crippen molar-refractivity contribution < 1.29 is 4.52 Å². The van der Waals surface area contributed by atoms with Crippen LogP contribution in [-0.4, -0.2) is 10.1 Å². The Kier molecular flexibility index (Phi) is 2.89. The molecule has 0 radical (unpaired) electrons. The van der Waals surface area contributed by atoms with Crippen molar-refractivity contribution in [2.24, 2.45) is 5.73 Å². The number of rotatable bonds is 4. The van der Waals surface area contributed by atoms with Gasteiger partial charge in [-0.2, -0.15) is 4.98 Å². The highest BCUT2D eigenvalue weighted by Gasteiger charge is 2.50. The molecule has 0 amide bonds. The van der Waals surface area contributed by atoms with Gasteiger partial charge in [-0.1, -0.05) is 48.3 Å². The largest absolute Gasteiger partial charge is 0.339 e. The van der Waals surface area contributed by atoms with Crippen molar-refractivity contribution in [3.05, 3.63) is 47.6 Å². The van der Waals surface area contributed by atoms with E-state index < -0.39 is 0 Å². The number of hydrogen-bond donors (Lipinski definition) is 1. The maximum absolute atomic E-state index is 6.42. The van der Waals surface area contributed by atoms with Crippen molar-refractivity contribution >= 4 is 0 Å². The Morgan fingerprint density at radius 2 is 1.76 bits per heavy atom. The van der Waals surface area contributed by atoms with Crippen LogP contribution >= 0.6 is 0 Å². The summed E-state index contributed by atoms with van der Waals surface area (Å²) in [6.45, 7) is 0. The maximum Gasteiger partial charge on any atom is 0.233 e. The molecule has 0 saturated heterocycles. The van der Waals surface area contributed by atoms with E-state index in [0.29, 0.717) is 5.82 Å². The molecule has 4 rings (SSSR count). The predicted octanol–water partition coefficient (Wildman–Crippen LogP) is 3.07. The minimum Gasteiger partial charge on any atom is -0.339 e. The van der Waals surface area contributed by atoms with Gasteiger partial charge in [-0.15, -0.1) is 0 Å². The SMILES string of the molecule is NC1(c2noc(C3(Cc4ccccc4)CC3)n2)CCCC1. The van der Waals surface area contributed by atoms with Crippen LogP contribution in [-0.2, 0) is 17.4 Å². The summed E-state index contributed by atoms with van der Waals surface area (Å²) >= 11 is 0. The second-order valence-electron chi connectivity index (χ2n) is 6.73. The van der Waals surface area contributed by atoms with Crippen molar-refractivity contribution in [2.45, 2.75) is 55.9 Å². The molecule has 1 aromatic heterocycles. The summed E-state index contributed by atoms with van der Waals surface area (Å²) in [7, 11) is 0. The lowest BCUT2D eigenvalue weighted by Crippen LogP contribution is -2.34. The molecule has 2 fully saturated rings. The van der Waals surface area contributed by atoms with Gasteiger partial charge < -0.3 is 10.3 Å². The summed E-state index contributed by atoms with van der Waals surface area (Å²) in [5, 5.41) is 4.21. The van der Waals surface area contributed by atoms with Crippen LogP contribution in [0.4, 0.5) is 0 Å². The zero-order valence-corrected chi connectivity index (χ0v) is 12.2. The second-order valence-corrected chi connectivity index (χ2v) is 6.73. The molecule has 0 aliphatic heterocycles. The molecule has 2 saturated carbocycles. The molecule has 0 bridgehead atoms. The molecule has 0 atom stereocenters. The van der Waals surface area contributed by atoms with Gasteiger partial charge in [0.1, 0.15) is 0 Å². The van der Waals surface area contributed by atoms with Crippen LogP contribution in [0.1, 0.15) is 55.8 Å². The fourth-order valence-corrected chi connectivity index (χ4v) is 3.47. The van der Waals surface area contributed by atoms with Crippen LogP contribution in [0, 0.1) is 0 Å². The molecule has 21 heavy (non-hydrogen) atoms. The van der Waals surface area contributed by atoms with E-state index in [9.17, 15) is 0 Å². The molecule has 2 aliphatic carbocycles. The third-order valence-corrected chi connectivity index (χ3v) is 5.06. The lowest BCUT2D eigenvalue weighted by Gasteiger charge is -2.18. The number of hydrogen-bond acceptors (Lipinski definition) is 4. The molecule has 110 valence electrons. The second kappa shape index (κ2) is 4.67. The van der Waals surface area contributed by atoms with Gasteiger partial charge >= 0.3 is 0 Å². The first-order chi connectivity index (χ1) is 10.2. The van der Waals surface area contributed by atoms with Crippen LogP contribution < -0.4 is 5.73 Å². The first kappa shape index (κ1) is 13.0. The van der Waals surface area contributed by atoms with E-state index in [0.717, 1.165) is 50.8 Å². The number of benzene rings is 1. The van der Waals surface area contributed by atoms with E-state index >= 15 is 0 Å². The topological polar surface area (TPSA) is 64.9 Å². The van der Waals surface area contributed by atoms with E-state index in [2.05, 4.69) is 29.4 Å². The van der Waals surface area contributed by atoms with Gasteiger partial charge in [0.15, 0.2) is 5.82 Å². The molecule has 2 aromatic rings. The summed E-state index contributed by atoms with van der Waals surface area (Å²) in [4.78, 5) is 4.69. The highest BCUT2D eigenvalue weighted by molar-refractivity contribution is 5.26. The zero-order chi connectivity index (χ0) is 14.3. The summed E-state index contributed by atoms with van der Waals surface area (Å²) in [5.74, 6) is 1.51. The summed E-state index contributed by atoms with van der Waals surface area (Å²) in [6, 6.07) is 10.5. The van der Waals surface area contributed by atoms with Gasteiger partial charge in [-0.25, -0.2) is 0 Å². The Bertz CT molecular complexity index is 624. The molecule has 4 heteroatoms. The minimum atomic E-state index is -0.357. The summed E-state index contributed by atoms with van der Waals surface area (Å²) in [6.07, 6.45) is 7.50. The molecule has 0 spiro atoms. The average molecular weight is 283 g/mol. The Morgan fingerprint density at radius 1 is 1.05 bits per heavy atom.